The van der Waals surface area contributed by atoms with Gasteiger partial charge in [-0.15, -0.1) is 0 Å². The summed E-state index contributed by atoms with van der Waals surface area (Å²) < 4.78 is 1.89. The number of imidazole rings is 1. The molecule has 4 nitrogen and oxygen atoms in total. The van der Waals surface area contributed by atoms with Crippen LogP contribution in [0.5, 0.6) is 0 Å². The Hall–Kier alpha value is -0.580. The summed E-state index contributed by atoms with van der Waals surface area (Å²) in [6.45, 7) is 4.20. The van der Waals surface area contributed by atoms with Crippen molar-refractivity contribution in [2.75, 3.05) is 13.2 Å². The standard InChI is InChI=1S/C11H18ClN3O/c1-8-3-4-15(9(8)7-16)6-11-13-5-10(12)14(11)2/h5,8-9,16H,3-4,6-7H2,1-2H3. The summed E-state index contributed by atoms with van der Waals surface area (Å²) in [5, 5.41) is 10.0. The first kappa shape index (κ1) is 11.9. The van der Waals surface area contributed by atoms with E-state index in [1.807, 2.05) is 11.6 Å². The van der Waals surface area contributed by atoms with Gasteiger partial charge in [0.05, 0.1) is 19.3 Å². The summed E-state index contributed by atoms with van der Waals surface area (Å²) in [7, 11) is 1.91. The summed E-state index contributed by atoms with van der Waals surface area (Å²) >= 11 is 5.95. The smallest absolute Gasteiger partial charge is 0.128 e. The topological polar surface area (TPSA) is 41.3 Å². The molecule has 2 heterocycles. The van der Waals surface area contributed by atoms with Crippen molar-refractivity contribution in [3.05, 3.63) is 17.2 Å². The van der Waals surface area contributed by atoms with Gasteiger partial charge in [-0.25, -0.2) is 4.98 Å². The van der Waals surface area contributed by atoms with Crippen molar-refractivity contribution in [3.63, 3.8) is 0 Å². The summed E-state index contributed by atoms with van der Waals surface area (Å²) in [5.41, 5.74) is 0. The number of aliphatic hydroxyl groups excluding tert-OH is 1. The fraction of sp³-hybridized carbons (Fsp3) is 0.727. The quantitative estimate of drug-likeness (QED) is 0.870. The fourth-order valence-electron chi connectivity index (χ4n) is 2.33. The molecule has 0 saturated carbocycles. The number of hydrogen-bond donors (Lipinski definition) is 1. The van der Waals surface area contributed by atoms with Gasteiger partial charge in [0.15, 0.2) is 0 Å². The van der Waals surface area contributed by atoms with Crippen LogP contribution in [-0.2, 0) is 13.6 Å². The molecule has 1 aliphatic heterocycles. The van der Waals surface area contributed by atoms with E-state index < -0.39 is 0 Å². The van der Waals surface area contributed by atoms with Gasteiger partial charge >= 0.3 is 0 Å². The number of likely N-dealkylation sites (tertiary alicyclic amines) is 1. The van der Waals surface area contributed by atoms with Crippen molar-refractivity contribution >= 4 is 11.6 Å². The van der Waals surface area contributed by atoms with Gasteiger partial charge in [0.25, 0.3) is 0 Å². The molecule has 0 radical (unpaired) electrons. The lowest BCUT2D eigenvalue weighted by atomic mass is 10.0. The van der Waals surface area contributed by atoms with E-state index in [9.17, 15) is 5.11 Å². The first-order chi connectivity index (χ1) is 7.63. The molecule has 90 valence electrons. The van der Waals surface area contributed by atoms with E-state index in [1.165, 1.54) is 0 Å². The van der Waals surface area contributed by atoms with Crippen LogP contribution in [0.15, 0.2) is 6.20 Å². The maximum absolute atomic E-state index is 9.36. The van der Waals surface area contributed by atoms with Crippen LogP contribution in [0.2, 0.25) is 5.15 Å². The van der Waals surface area contributed by atoms with Crippen LogP contribution in [0.3, 0.4) is 0 Å². The number of aromatic nitrogens is 2. The highest BCUT2D eigenvalue weighted by Crippen LogP contribution is 2.25. The molecule has 1 fully saturated rings. The second-order valence-electron chi connectivity index (χ2n) is 4.54. The molecule has 0 aromatic carbocycles. The van der Waals surface area contributed by atoms with Gasteiger partial charge < -0.3 is 9.67 Å². The SMILES string of the molecule is CC1CCN(Cc2ncc(Cl)n2C)C1CO. The zero-order chi connectivity index (χ0) is 11.7. The van der Waals surface area contributed by atoms with Gasteiger partial charge in [-0.3, -0.25) is 4.90 Å². The van der Waals surface area contributed by atoms with Crippen molar-refractivity contribution in [1.29, 1.82) is 0 Å². The van der Waals surface area contributed by atoms with E-state index in [0.717, 1.165) is 25.3 Å². The van der Waals surface area contributed by atoms with Crippen LogP contribution in [0, 0.1) is 5.92 Å². The first-order valence-corrected chi connectivity index (χ1v) is 6.02. The molecule has 1 aromatic heterocycles. The van der Waals surface area contributed by atoms with Crippen molar-refractivity contribution in [2.24, 2.45) is 13.0 Å². The Morgan fingerprint density at radius 1 is 1.62 bits per heavy atom. The van der Waals surface area contributed by atoms with Gasteiger partial charge in [-0.1, -0.05) is 18.5 Å². The molecule has 2 unspecified atom stereocenters. The van der Waals surface area contributed by atoms with E-state index in [4.69, 9.17) is 11.6 Å². The van der Waals surface area contributed by atoms with Crippen LogP contribution in [0.1, 0.15) is 19.2 Å². The molecule has 2 rings (SSSR count). The third kappa shape index (κ3) is 2.10. The number of rotatable bonds is 3. The minimum Gasteiger partial charge on any atom is -0.395 e. The predicted octanol–water partition coefficient (Wildman–Crippen LogP) is 1.28. The summed E-state index contributed by atoms with van der Waals surface area (Å²) in [6.07, 6.45) is 2.81. The molecule has 0 bridgehead atoms. The van der Waals surface area contributed by atoms with Gasteiger partial charge in [0.2, 0.25) is 0 Å². The van der Waals surface area contributed by atoms with Crippen LogP contribution >= 0.6 is 11.6 Å². The van der Waals surface area contributed by atoms with Gasteiger partial charge in [-0.2, -0.15) is 0 Å². The molecule has 5 heteroatoms. The lowest BCUT2D eigenvalue weighted by molar-refractivity contribution is 0.131. The highest BCUT2D eigenvalue weighted by Gasteiger charge is 2.31. The second-order valence-corrected chi connectivity index (χ2v) is 4.93. The van der Waals surface area contributed by atoms with Crippen molar-refractivity contribution < 1.29 is 5.11 Å². The van der Waals surface area contributed by atoms with E-state index >= 15 is 0 Å². The van der Waals surface area contributed by atoms with Gasteiger partial charge in [0.1, 0.15) is 11.0 Å². The molecule has 16 heavy (non-hydrogen) atoms. The van der Waals surface area contributed by atoms with Crippen molar-refractivity contribution in [3.8, 4) is 0 Å². The van der Waals surface area contributed by atoms with E-state index in [2.05, 4.69) is 16.8 Å². The van der Waals surface area contributed by atoms with Crippen LogP contribution in [0.25, 0.3) is 0 Å². The zero-order valence-corrected chi connectivity index (χ0v) is 10.5. The Balaban J connectivity index is 2.07. The largest absolute Gasteiger partial charge is 0.395 e. The van der Waals surface area contributed by atoms with E-state index in [1.54, 1.807) is 6.20 Å². The Kier molecular flexibility index (Phi) is 3.52. The van der Waals surface area contributed by atoms with E-state index in [0.29, 0.717) is 11.1 Å². The molecule has 0 spiro atoms. The number of aliphatic hydroxyl groups is 1. The molecule has 1 aliphatic rings. The van der Waals surface area contributed by atoms with Crippen molar-refractivity contribution in [2.45, 2.75) is 25.9 Å². The molecule has 1 aromatic rings. The Labute approximate surface area is 101 Å². The molecular weight excluding hydrogens is 226 g/mol. The lowest BCUT2D eigenvalue weighted by Crippen LogP contribution is -2.35. The maximum atomic E-state index is 9.36. The third-order valence-electron chi connectivity index (χ3n) is 3.56. The maximum Gasteiger partial charge on any atom is 0.128 e. The van der Waals surface area contributed by atoms with Crippen LogP contribution in [-0.4, -0.2) is 38.8 Å². The Morgan fingerprint density at radius 3 is 2.94 bits per heavy atom. The average molecular weight is 244 g/mol. The molecular formula is C11H18ClN3O. The highest BCUT2D eigenvalue weighted by atomic mass is 35.5. The fourth-order valence-corrected chi connectivity index (χ4v) is 2.48. The molecule has 1 N–H and O–H groups in total. The average Bonchev–Trinajstić information content (AvgIpc) is 2.76. The second kappa shape index (κ2) is 4.73. The Morgan fingerprint density at radius 2 is 2.38 bits per heavy atom. The molecule has 2 atom stereocenters. The van der Waals surface area contributed by atoms with Crippen LogP contribution < -0.4 is 0 Å². The predicted molar refractivity (Wildman–Crippen MR) is 63.3 cm³/mol. The normalized spacial score (nSPS) is 26.5. The van der Waals surface area contributed by atoms with Gasteiger partial charge in [0, 0.05) is 13.1 Å². The lowest BCUT2D eigenvalue weighted by Gasteiger charge is -2.24. The Bertz CT molecular complexity index is 366. The number of nitrogens with zero attached hydrogens (tertiary/aromatic N) is 3. The summed E-state index contributed by atoms with van der Waals surface area (Å²) in [5.74, 6) is 1.51. The zero-order valence-electron chi connectivity index (χ0n) is 9.73. The summed E-state index contributed by atoms with van der Waals surface area (Å²) in [4.78, 5) is 6.56. The molecule has 1 saturated heterocycles. The first-order valence-electron chi connectivity index (χ1n) is 5.64. The highest BCUT2D eigenvalue weighted by molar-refractivity contribution is 6.29. The minimum atomic E-state index is 0.222. The monoisotopic (exact) mass is 243 g/mol. The number of halogens is 1. The minimum absolute atomic E-state index is 0.222. The third-order valence-corrected chi connectivity index (χ3v) is 3.91. The molecule has 0 amide bonds. The van der Waals surface area contributed by atoms with Crippen LogP contribution in [0.4, 0.5) is 0 Å². The van der Waals surface area contributed by atoms with E-state index in [-0.39, 0.29) is 12.6 Å². The van der Waals surface area contributed by atoms with Crippen molar-refractivity contribution in [1.82, 2.24) is 14.5 Å². The van der Waals surface area contributed by atoms with Gasteiger partial charge in [-0.05, 0) is 18.9 Å². The number of hydrogen-bond acceptors (Lipinski definition) is 3. The molecule has 0 aliphatic carbocycles. The summed E-state index contributed by atoms with van der Waals surface area (Å²) in [6, 6.07) is 0.260.